The maximum absolute atomic E-state index is 10.5. The number of hydrogen-bond donors (Lipinski definition) is 1. The van der Waals surface area contributed by atoms with Gasteiger partial charge in [-0.15, -0.1) is 0 Å². The van der Waals surface area contributed by atoms with E-state index in [0.29, 0.717) is 0 Å². The molecule has 2 atom stereocenters. The molecule has 0 radical (unpaired) electrons. The summed E-state index contributed by atoms with van der Waals surface area (Å²) >= 11 is 0. The number of nitrogens with zero attached hydrogens (tertiary/aromatic N) is 4. The second-order valence-corrected chi connectivity index (χ2v) is 6.53. The Morgan fingerprint density at radius 2 is 2.00 bits per heavy atom. The predicted molar refractivity (Wildman–Crippen MR) is 91.0 cm³/mol. The molecular weight excluding hydrogens is 304 g/mol. The molecule has 2 fully saturated rings. The first kappa shape index (κ1) is 15.8. The Morgan fingerprint density at radius 3 is 2.79 bits per heavy atom. The van der Waals surface area contributed by atoms with Crippen molar-refractivity contribution in [1.82, 2.24) is 19.4 Å². The van der Waals surface area contributed by atoms with Gasteiger partial charge in [0.1, 0.15) is 5.82 Å². The van der Waals surface area contributed by atoms with Gasteiger partial charge in [-0.3, -0.25) is 9.80 Å². The summed E-state index contributed by atoms with van der Waals surface area (Å²) in [7, 11) is 0. The zero-order valence-electron chi connectivity index (χ0n) is 13.8. The van der Waals surface area contributed by atoms with Gasteiger partial charge in [-0.05, 0) is 24.3 Å². The number of likely N-dealkylation sites (tertiary alicyclic amines) is 1. The van der Waals surface area contributed by atoms with Gasteiger partial charge in [0.2, 0.25) is 0 Å². The Balaban J connectivity index is 1.44. The average Bonchev–Trinajstić information content (AvgIpc) is 3.23. The molecule has 0 spiro atoms. The lowest BCUT2D eigenvalue weighted by Gasteiger charge is -2.33. The maximum Gasteiger partial charge on any atom is 0.136 e. The van der Waals surface area contributed by atoms with Crippen LogP contribution in [-0.2, 0) is 11.3 Å². The minimum atomic E-state index is -0.290. The first-order valence-electron chi connectivity index (χ1n) is 8.61. The zero-order chi connectivity index (χ0) is 16.4. The average molecular weight is 328 g/mol. The standard InChI is InChI=1S/C18H24N4O2/c23-17-14-20(13-16(17)21-8-10-24-11-9-21)12-15-4-3-7-22(15)18-5-1-2-6-19-18/h1-7,16-17,23H,8-14H2/t16-,17-/m0/s1. The topological polar surface area (TPSA) is 53.8 Å². The Kier molecular flexibility index (Phi) is 4.62. The lowest BCUT2D eigenvalue weighted by molar-refractivity contribution is -0.00618. The maximum atomic E-state index is 10.5. The van der Waals surface area contributed by atoms with Crippen molar-refractivity contribution in [2.75, 3.05) is 39.4 Å². The summed E-state index contributed by atoms with van der Waals surface area (Å²) < 4.78 is 7.54. The third-order valence-corrected chi connectivity index (χ3v) is 4.96. The molecule has 2 aliphatic heterocycles. The number of ether oxygens (including phenoxy) is 1. The molecule has 2 saturated heterocycles. The first-order chi connectivity index (χ1) is 11.8. The minimum absolute atomic E-state index is 0.215. The van der Waals surface area contributed by atoms with Crippen molar-refractivity contribution >= 4 is 0 Å². The van der Waals surface area contributed by atoms with Crippen molar-refractivity contribution in [3.63, 3.8) is 0 Å². The fourth-order valence-corrected chi connectivity index (χ4v) is 3.74. The van der Waals surface area contributed by atoms with Gasteiger partial charge in [-0.2, -0.15) is 0 Å². The van der Waals surface area contributed by atoms with Crippen LogP contribution in [0.3, 0.4) is 0 Å². The van der Waals surface area contributed by atoms with Crippen molar-refractivity contribution in [2.24, 2.45) is 0 Å². The number of rotatable bonds is 4. The largest absolute Gasteiger partial charge is 0.390 e. The van der Waals surface area contributed by atoms with Gasteiger partial charge in [-0.25, -0.2) is 4.98 Å². The van der Waals surface area contributed by atoms with E-state index in [0.717, 1.165) is 51.8 Å². The molecule has 0 saturated carbocycles. The van der Waals surface area contributed by atoms with Gasteiger partial charge in [-0.1, -0.05) is 6.07 Å². The molecule has 4 rings (SSSR count). The molecule has 6 nitrogen and oxygen atoms in total. The molecule has 4 heterocycles. The van der Waals surface area contributed by atoms with E-state index >= 15 is 0 Å². The molecule has 0 amide bonds. The second kappa shape index (κ2) is 7.03. The fraction of sp³-hybridized carbons (Fsp3) is 0.500. The van der Waals surface area contributed by atoms with E-state index in [1.165, 1.54) is 5.69 Å². The van der Waals surface area contributed by atoms with E-state index in [4.69, 9.17) is 4.74 Å². The van der Waals surface area contributed by atoms with E-state index in [9.17, 15) is 5.11 Å². The molecular formula is C18H24N4O2. The van der Waals surface area contributed by atoms with Crippen LogP contribution >= 0.6 is 0 Å². The van der Waals surface area contributed by atoms with Crippen LogP contribution in [0.4, 0.5) is 0 Å². The van der Waals surface area contributed by atoms with E-state index in [1.807, 2.05) is 30.6 Å². The van der Waals surface area contributed by atoms with E-state index in [2.05, 4.69) is 31.5 Å². The summed E-state index contributed by atoms with van der Waals surface area (Å²) in [5.74, 6) is 0.932. The number of pyridine rings is 1. The number of β-amino-alcohol motifs (C(OH)–C–C–N with tert-alkyl or cyclic N) is 1. The highest BCUT2D eigenvalue weighted by molar-refractivity contribution is 5.27. The van der Waals surface area contributed by atoms with Crippen molar-refractivity contribution in [1.29, 1.82) is 0 Å². The Morgan fingerprint density at radius 1 is 1.12 bits per heavy atom. The number of morpholine rings is 1. The van der Waals surface area contributed by atoms with E-state index in [1.54, 1.807) is 0 Å². The van der Waals surface area contributed by atoms with Gasteiger partial charge in [0.25, 0.3) is 0 Å². The summed E-state index contributed by atoms with van der Waals surface area (Å²) in [4.78, 5) is 9.13. The lowest BCUT2D eigenvalue weighted by atomic mass is 10.2. The molecule has 2 aromatic rings. The number of hydrogen-bond acceptors (Lipinski definition) is 5. The van der Waals surface area contributed by atoms with Crippen LogP contribution < -0.4 is 0 Å². The van der Waals surface area contributed by atoms with Crippen molar-refractivity contribution < 1.29 is 9.84 Å². The van der Waals surface area contributed by atoms with Crippen LogP contribution in [-0.4, -0.2) is 76.0 Å². The summed E-state index contributed by atoms with van der Waals surface area (Å²) in [5.41, 5.74) is 1.20. The number of aliphatic hydroxyl groups is 1. The van der Waals surface area contributed by atoms with Crippen molar-refractivity contribution in [3.05, 3.63) is 48.4 Å². The van der Waals surface area contributed by atoms with Gasteiger partial charge in [0, 0.05) is 56.9 Å². The highest BCUT2D eigenvalue weighted by Crippen LogP contribution is 2.21. The van der Waals surface area contributed by atoms with Crippen LogP contribution in [0.15, 0.2) is 42.7 Å². The molecule has 0 aromatic carbocycles. The third kappa shape index (κ3) is 3.23. The molecule has 0 unspecified atom stereocenters. The SMILES string of the molecule is O[C@H]1CN(Cc2cccn2-c2ccccn2)C[C@@H]1N1CCOCC1. The summed E-state index contributed by atoms with van der Waals surface area (Å²) in [6, 6.07) is 10.3. The summed E-state index contributed by atoms with van der Waals surface area (Å²) in [6.45, 7) is 5.81. The lowest BCUT2D eigenvalue weighted by Crippen LogP contribution is -2.48. The minimum Gasteiger partial charge on any atom is -0.390 e. The van der Waals surface area contributed by atoms with Crippen LogP contribution in [0.1, 0.15) is 5.69 Å². The second-order valence-electron chi connectivity index (χ2n) is 6.53. The van der Waals surface area contributed by atoms with Crippen LogP contribution in [0.25, 0.3) is 5.82 Å². The molecule has 0 aliphatic carbocycles. The van der Waals surface area contributed by atoms with Gasteiger partial charge >= 0.3 is 0 Å². The molecule has 0 bridgehead atoms. The van der Waals surface area contributed by atoms with Crippen molar-refractivity contribution in [3.8, 4) is 5.82 Å². The van der Waals surface area contributed by atoms with Gasteiger partial charge < -0.3 is 14.4 Å². The molecule has 2 aliphatic rings. The zero-order valence-corrected chi connectivity index (χ0v) is 13.8. The molecule has 24 heavy (non-hydrogen) atoms. The van der Waals surface area contributed by atoms with Crippen LogP contribution in [0, 0.1) is 0 Å². The fourth-order valence-electron chi connectivity index (χ4n) is 3.74. The van der Waals surface area contributed by atoms with Gasteiger partial charge in [0.05, 0.1) is 19.3 Å². The first-order valence-corrected chi connectivity index (χ1v) is 8.61. The van der Waals surface area contributed by atoms with E-state index < -0.39 is 0 Å². The quantitative estimate of drug-likeness (QED) is 0.898. The predicted octanol–water partition coefficient (Wildman–Crippen LogP) is 0.750. The van der Waals surface area contributed by atoms with Crippen LogP contribution in [0.2, 0.25) is 0 Å². The Labute approximate surface area is 142 Å². The summed E-state index contributed by atoms with van der Waals surface area (Å²) in [5, 5.41) is 10.5. The monoisotopic (exact) mass is 328 g/mol. The smallest absolute Gasteiger partial charge is 0.136 e. The highest BCUT2D eigenvalue weighted by atomic mass is 16.5. The molecule has 128 valence electrons. The number of aromatic nitrogens is 2. The summed E-state index contributed by atoms with van der Waals surface area (Å²) in [6.07, 6.45) is 3.57. The van der Waals surface area contributed by atoms with Gasteiger partial charge in [0.15, 0.2) is 0 Å². The van der Waals surface area contributed by atoms with Crippen molar-refractivity contribution in [2.45, 2.75) is 18.7 Å². The molecule has 1 N–H and O–H groups in total. The van der Waals surface area contributed by atoms with Crippen LogP contribution in [0.5, 0.6) is 0 Å². The van der Waals surface area contributed by atoms with E-state index in [-0.39, 0.29) is 12.1 Å². The highest BCUT2D eigenvalue weighted by Gasteiger charge is 2.36. The number of aliphatic hydroxyl groups excluding tert-OH is 1. The Hall–Kier alpha value is -1.73. The molecule has 2 aromatic heterocycles. The Bertz CT molecular complexity index is 654. The normalized spacial score (nSPS) is 26.0. The molecule has 6 heteroatoms. The third-order valence-electron chi connectivity index (χ3n) is 4.96.